The minimum absolute atomic E-state index is 0.294. The Bertz CT molecular complexity index is 324. The number of hydrogen-bond acceptors (Lipinski definition) is 5. The first-order valence-corrected chi connectivity index (χ1v) is 3.52. The van der Waals surface area contributed by atoms with Crippen LogP contribution >= 0.6 is 0 Å². The standard InChI is InChI=1S/C7H9N3O3/c1-7(8,9)5(12)3-2-4(11)10-6(3)13/h2H,8-9H2,1H3,(H,10,11,13). The summed E-state index contributed by atoms with van der Waals surface area (Å²) in [5.74, 6) is -2.13. The monoisotopic (exact) mass is 183 g/mol. The average molecular weight is 183 g/mol. The van der Waals surface area contributed by atoms with Gasteiger partial charge >= 0.3 is 0 Å². The van der Waals surface area contributed by atoms with Crippen molar-refractivity contribution in [1.29, 1.82) is 0 Å². The predicted octanol–water partition coefficient (Wildman–Crippen LogP) is -2.23. The lowest BCUT2D eigenvalue weighted by molar-refractivity contribution is -0.126. The molecule has 6 heteroatoms. The molecule has 0 radical (unpaired) electrons. The van der Waals surface area contributed by atoms with E-state index in [1.165, 1.54) is 6.92 Å². The van der Waals surface area contributed by atoms with Gasteiger partial charge < -0.3 is 11.5 Å². The molecule has 0 fully saturated rings. The number of amides is 2. The predicted molar refractivity (Wildman–Crippen MR) is 43.0 cm³/mol. The van der Waals surface area contributed by atoms with Crippen molar-refractivity contribution in [2.45, 2.75) is 12.6 Å². The lowest BCUT2D eigenvalue weighted by Crippen LogP contribution is -2.54. The second-order valence-corrected chi connectivity index (χ2v) is 2.99. The van der Waals surface area contributed by atoms with E-state index in [9.17, 15) is 14.4 Å². The third kappa shape index (κ3) is 1.79. The highest BCUT2D eigenvalue weighted by Crippen LogP contribution is 2.08. The van der Waals surface area contributed by atoms with E-state index in [2.05, 4.69) is 0 Å². The second-order valence-electron chi connectivity index (χ2n) is 2.99. The summed E-state index contributed by atoms with van der Waals surface area (Å²) in [5, 5.41) is 1.92. The number of carbonyl (C=O) groups excluding carboxylic acids is 3. The van der Waals surface area contributed by atoms with Crippen LogP contribution in [0.1, 0.15) is 6.92 Å². The SMILES string of the molecule is CC(N)(N)C(=O)C1=CC(=O)NC1=O. The number of rotatable bonds is 2. The molecule has 1 rings (SSSR count). The van der Waals surface area contributed by atoms with E-state index < -0.39 is 23.3 Å². The van der Waals surface area contributed by atoms with E-state index >= 15 is 0 Å². The highest BCUT2D eigenvalue weighted by atomic mass is 16.2. The summed E-state index contributed by atoms with van der Waals surface area (Å²) >= 11 is 0. The lowest BCUT2D eigenvalue weighted by atomic mass is 10.0. The van der Waals surface area contributed by atoms with Crippen LogP contribution in [0.3, 0.4) is 0 Å². The molecule has 1 aliphatic heterocycles. The number of nitrogens with two attached hydrogens (primary N) is 2. The van der Waals surface area contributed by atoms with Crippen LogP contribution in [0.2, 0.25) is 0 Å². The Balaban J connectivity index is 2.97. The number of carbonyl (C=O) groups is 3. The van der Waals surface area contributed by atoms with Gasteiger partial charge in [-0.2, -0.15) is 0 Å². The molecule has 70 valence electrons. The fourth-order valence-corrected chi connectivity index (χ4v) is 0.871. The minimum atomic E-state index is -1.63. The van der Waals surface area contributed by atoms with Crippen LogP contribution in [-0.4, -0.2) is 23.3 Å². The van der Waals surface area contributed by atoms with Gasteiger partial charge in [0.05, 0.1) is 5.57 Å². The van der Waals surface area contributed by atoms with E-state index in [1.54, 1.807) is 0 Å². The zero-order valence-electron chi connectivity index (χ0n) is 6.96. The van der Waals surface area contributed by atoms with Crippen molar-refractivity contribution in [2.75, 3.05) is 0 Å². The van der Waals surface area contributed by atoms with E-state index in [0.717, 1.165) is 6.08 Å². The highest BCUT2D eigenvalue weighted by molar-refractivity contribution is 6.31. The molecule has 0 saturated carbocycles. The van der Waals surface area contributed by atoms with Crippen molar-refractivity contribution in [3.8, 4) is 0 Å². The van der Waals surface area contributed by atoms with Crippen LogP contribution in [0.4, 0.5) is 0 Å². The Kier molecular flexibility index (Phi) is 2.02. The molecule has 0 bridgehead atoms. The van der Waals surface area contributed by atoms with Crippen LogP contribution in [-0.2, 0) is 14.4 Å². The van der Waals surface area contributed by atoms with Gasteiger partial charge in [0, 0.05) is 6.08 Å². The number of hydrogen-bond donors (Lipinski definition) is 3. The molecule has 0 aliphatic carbocycles. The molecule has 0 aromatic rings. The fraction of sp³-hybridized carbons (Fsp3) is 0.286. The largest absolute Gasteiger partial charge is 0.307 e. The molecule has 2 amide bonds. The topological polar surface area (TPSA) is 115 Å². The summed E-state index contributed by atoms with van der Waals surface area (Å²) in [7, 11) is 0. The van der Waals surface area contributed by atoms with Crippen LogP contribution in [0.15, 0.2) is 11.6 Å². The molecule has 1 heterocycles. The fourth-order valence-electron chi connectivity index (χ4n) is 0.871. The van der Waals surface area contributed by atoms with E-state index in [-0.39, 0.29) is 5.57 Å². The summed E-state index contributed by atoms with van der Waals surface area (Å²) < 4.78 is 0. The molecular weight excluding hydrogens is 174 g/mol. The first-order chi connectivity index (χ1) is 5.82. The molecule has 5 N–H and O–H groups in total. The maximum atomic E-state index is 11.3. The zero-order valence-corrected chi connectivity index (χ0v) is 6.96. The summed E-state index contributed by atoms with van der Waals surface area (Å²) in [6, 6.07) is 0. The van der Waals surface area contributed by atoms with Gasteiger partial charge in [-0.05, 0) is 6.92 Å². The Labute approximate surface area is 73.9 Å². The van der Waals surface area contributed by atoms with E-state index in [1.807, 2.05) is 5.32 Å². The number of ketones is 1. The second kappa shape index (κ2) is 2.75. The number of imide groups is 1. The summed E-state index contributed by atoms with van der Waals surface area (Å²) in [6.45, 7) is 1.26. The molecular formula is C7H9N3O3. The Hall–Kier alpha value is -1.53. The van der Waals surface area contributed by atoms with Gasteiger partial charge in [-0.1, -0.05) is 0 Å². The third-order valence-electron chi connectivity index (χ3n) is 1.49. The summed E-state index contributed by atoms with van der Waals surface area (Å²) in [6.07, 6.45) is 0.892. The van der Waals surface area contributed by atoms with Crippen molar-refractivity contribution in [2.24, 2.45) is 11.5 Å². The first kappa shape index (κ1) is 9.56. The van der Waals surface area contributed by atoms with Crippen molar-refractivity contribution < 1.29 is 14.4 Å². The lowest BCUT2D eigenvalue weighted by Gasteiger charge is -2.15. The van der Waals surface area contributed by atoms with Gasteiger partial charge in [0.1, 0.15) is 5.66 Å². The maximum absolute atomic E-state index is 11.3. The summed E-state index contributed by atoms with van der Waals surface area (Å²) in [5.41, 5.74) is 8.60. The number of nitrogens with one attached hydrogen (secondary N) is 1. The van der Waals surface area contributed by atoms with Crippen LogP contribution in [0, 0.1) is 0 Å². The van der Waals surface area contributed by atoms with Gasteiger partial charge in [0.15, 0.2) is 0 Å². The van der Waals surface area contributed by atoms with Crippen molar-refractivity contribution in [3.63, 3.8) is 0 Å². The quantitative estimate of drug-likeness (QED) is 0.254. The van der Waals surface area contributed by atoms with E-state index in [0.29, 0.717) is 0 Å². The molecule has 13 heavy (non-hydrogen) atoms. The zero-order chi connectivity index (χ0) is 10.2. The van der Waals surface area contributed by atoms with E-state index in [4.69, 9.17) is 11.5 Å². The molecule has 0 atom stereocenters. The van der Waals surface area contributed by atoms with Gasteiger partial charge in [0.25, 0.3) is 11.8 Å². The molecule has 0 saturated heterocycles. The van der Waals surface area contributed by atoms with Gasteiger partial charge in [0.2, 0.25) is 5.78 Å². The normalized spacial score (nSPS) is 17.0. The molecule has 0 aromatic heterocycles. The molecule has 0 aromatic carbocycles. The van der Waals surface area contributed by atoms with Crippen molar-refractivity contribution >= 4 is 17.6 Å². The van der Waals surface area contributed by atoms with Gasteiger partial charge in [-0.25, -0.2) is 0 Å². The smallest absolute Gasteiger partial charge is 0.262 e. The molecule has 0 spiro atoms. The molecule has 1 aliphatic rings. The van der Waals surface area contributed by atoms with Gasteiger partial charge in [-0.15, -0.1) is 0 Å². The highest BCUT2D eigenvalue weighted by Gasteiger charge is 2.34. The Morgan fingerprint density at radius 1 is 1.46 bits per heavy atom. The van der Waals surface area contributed by atoms with Crippen LogP contribution in [0.25, 0.3) is 0 Å². The average Bonchev–Trinajstić information content (AvgIpc) is 2.26. The molecule has 6 nitrogen and oxygen atoms in total. The Morgan fingerprint density at radius 3 is 2.31 bits per heavy atom. The van der Waals surface area contributed by atoms with Crippen LogP contribution in [0.5, 0.6) is 0 Å². The van der Waals surface area contributed by atoms with Crippen molar-refractivity contribution in [1.82, 2.24) is 5.32 Å². The van der Waals surface area contributed by atoms with Gasteiger partial charge in [-0.3, -0.25) is 19.7 Å². The minimum Gasteiger partial charge on any atom is -0.307 e. The Morgan fingerprint density at radius 2 is 2.00 bits per heavy atom. The third-order valence-corrected chi connectivity index (χ3v) is 1.49. The molecule has 0 unspecified atom stereocenters. The van der Waals surface area contributed by atoms with Crippen molar-refractivity contribution in [3.05, 3.63) is 11.6 Å². The van der Waals surface area contributed by atoms with Crippen LogP contribution < -0.4 is 16.8 Å². The maximum Gasteiger partial charge on any atom is 0.262 e. The summed E-state index contributed by atoms with van der Waals surface area (Å²) in [4.78, 5) is 32.9. The number of Topliss-reactive ketones (excluding diaryl/α,β-unsaturated/α-hetero) is 1. The first-order valence-electron chi connectivity index (χ1n) is 3.52.